The molecule has 1 atom stereocenters. The molecule has 4 aliphatic rings. The van der Waals surface area contributed by atoms with Crippen LogP contribution in [0.5, 0.6) is 0 Å². The molecule has 4 aliphatic heterocycles. The van der Waals surface area contributed by atoms with E-state index < -0.39 is 0 Å². The first-order valence-corrected chi connectivity index (χ1v) is 14.9. The van der Waals surface area contributed by atoms with E-state index in [1.165, 1.54) is 18.8 Å². The summed E-state index contributed by atoms with van der Waals surface area (Å²) in [5, 5.41) is 4.34. The molecule has 0 radical (unpaired) electrons. The third kappa shape index (κ3) is 4.85. The smallest absolute Gasteiger partial charge is 0.228 e. The molecule has 1 N–H and O–H groups in total. The predicted molar refractivity (Wildman–Crippen MR) is 161 cm³/mol. The number of amides is 1. The van der Waals surface area contributed by atoms with E-state index in [1.807, 2.05) is 37.2 Å². The summed E-state index contributed by atoms with van der Waals surface area (Å²) >= 11 is 0. The maximum atomic E-state index is 11.9. The Hall–Kier alpha value is -3.46. The average Bonchev–Trinajstić information content (AvgIpc) is 3.55. The Kier molecular flexibility index (Phi) is 7.02. The van der Waals surface area contributed by atoms with Gasteiger partial charge in [-0.05, 0) is 37.6 Å². The molecule has 6 heterocycles. The van der Waals surface area contributed by atoms with Gasteiger partial charge < -0.3 is 24.9 Å². The number of carbonyl (C=O) groups excluding carboxylic acids is 1. The first-order valence-electron chi connectivity index (χ1n) is 14.9. The third-order valence-corrected chi connectivity index (χ3v) is 9.22. The first-order chi connectivity index (χ1) is 19.4. The number of hydrogen-bond donors (Lipinski definition) is 1. The van der Waals surface area contributed by atoms with Crippen LogP contribution in [0, 0.1) is 10.8 Å². The van der Waals surface area contributed by atoms with Crippen molar-refractivity contribution in [2.24, 2.45) is 10.8 Å². The topological polar surface area (TPSA) is 80.7 Å². The van der Waals surface area contributed by atoms with Crippen LogP contribution < -0.4 is 15.1 Å². The summed E-state index contributed by atoms with van der Waals surface area (Å²) < 4.78 is 0. The van der Waals surface area contributed by atoms with Gasteiger partial charge in [0.05, 0.1) is 23.1 Å². The Morgan fingerprint density at radius 3 is 2.38 bits per heavy atom. The van der Waals surface area contributed by atoms with Crippen molar-refractivity contribution >= 4 is 40.0 Å². The van der Waals surface area contributed by atoms with Gasteiger partial charge in [0, 0.05) is 81.7 Å². The van der Waals surface area contributed by atoms with E-state index in [0.29, 0.717) is 11.4 Å². The van der Waals surface area contributed by atoms with Crippen molar-refractivity contribution in [3.05, 3.63) is 42.7 Å². The summed E-state index contributed by atoms with van der Waals surface area (Å²) in [6.07, 6.45) is 6.02. The molecule has 4 saturated heterocycles. The molecule has 40 heavy (non-hydrogen) atoms. The van der Waals surface area contributed by atoms with E-state index in [-0.39, 0.29) is 11.3 Å². The van der Waals surface area contributed by atoms with Crippen molar-refractivity contribution in [1.82, 2.24) is 24.8 Å². The van der Waals surface area contributed by atoms with Crippen molar-refractivity contribution in [2.45, 2.75) is 40.5 Å². The fourth-order valence-corrected chi connectivity index (χ4v) is 7.07. The molecule has 7 rings (SSSR count). The molecule has 0 bridgehead atoms. The number of para-hydroxylation sites is 1. The van der Waals surface area contributed by atoms with Crippen LogP contribution in [0.25, 0.3) is 10.9 Å². The van der Waals surface area contributed by atoms with Crippen LogP contribution in [0.15, 0.2) is 42.7 Å². The number of rotatable bonds is 5. The SMILES string of the molecule is CC.CCN1CC2(C1)CN(c1ccc(Nc3ncc4cccc(N5CCC6(CCN(C(C)=O)C6)C5)c4n3)nc1)C2. The van der Waals surface area contributed by atoms with Crippen molar-refractivity contribution in [2.75, 3.05) is 74.0 Å². The Balaban J connectivity index is 0.00000142. The standard InChI is InChI=1S/C29H36N8O.C2H6/c1-3-34-15-29(16-34)19-37(20-29)23-7-8-25(30-14-23)32-27-31-13-22-5-4-6-24(26(22)33-27)36-12-10-28(18-36)9-11-35(17-28)21(2)38;1-2/h4-8,13-14H,3,9-12,15-20H2,1-2H3,(H,30,31,32,33);1-2H3. The highest BCUT2D eigenvalue weighted by Crippen LogP contribution is 2.43. The highest BCUT2D eigenvalue weighted by atomic mass is 16.2. The quantitative estimate of drug-likeness (QED) is 0.509. The van der Waals surface area contributed by atoms with Crippen LogP contribution in [0.2, 0.25) is 0 Å². The molecule has 1 unspecified atom stereocenters. The Labute approximate surface area is 237 Å². The molecule has 4 fully saturated rings. The Morgan fingerprint density at radius 1 is 0.900 bits per heavy atom. The minimum Gasteiger partial charge on any atom is -0.369 e. The maximum absolute atomic E-state index is 11.9. The summed E-state index contributed by atoms with van der Waals surface area (Å²) in [6, 6.07) is 10.5. The van der Waals surface area contributed by atoms with E-state index in [2.05, 4.69) is 61.2 Å². The largest absolute Gasteiger partial charge is 0.369 e. The lowest BCUT2D eigenvalue weighted by Gasteiger charge is -2.61. The zero-order valence-corrected chi connectivity index (χ0v) is 24.4. The molecule has 212 valence electrons. The van der Waals surface area contributed by atoms with E-state index >= 15 is 0 Å². The van der Waals surface area contributed by atoms with Crippen LogP contribution in [0.4, 0.5) is 23.1 Å². The number of benzene rings is 1. The minimum atomic E-state index is 0.186. The number of nitrogens with zero attached hydrogens (tertiary/aromatic N) is 7. The van der Waals surface area contributed by atoms with Crippen LogP contribution in [0.3, 0.4) is 0 Å². The molecule has 3 aromatic rings. The number of aromatic nitrogens is 3. The molecule has 0 aliphatic carbocycles. The van der Waals surface area contributed by atoms with Crippen molar-refractivity contribution in [1.29, 1.82) is 0 Å². The molecular formula is C31H42N8O. The highest BCUT2D eigenvalue weighted by Gasteiger charge is 2.51. The van der Waals surface area contributed by atoms with Crippen LogP contribution in [-0.2, 0) is 4.79 Å². The van der Waals surface area contributed by atoms with Gasteiger partial charge in [0.25, 0.3) is 0 Å². The van der Waals surface area contributed by atoms with Crippen molar-refractivity contribution in [3.8, 4) is 0 Å². The normalized spacial score (nSPS) is 23.2. The van der Waals surface area contributed by atoms with E-state index in [4.69, 9.17) is 4.98 Å². The number of pyridine rings is 1. The minimum absolute atomic E-state index is 0.186. The van der Waals surface area contributed by atoms with Crippen molar-refractivity contribution in [3.63, 3.8) is 0 Å². The summed E-state index contributed by atoms with van der Waals surface area (Å²) in [7, 11) is 0. The molecule has 1 amide bonds. The van der Waals surface area contributed by atoms with Gasteiger partial charge in [-0.1, -0.05) is 32.9 Å². The van der Waals surface area contributed by atoms with Gasteiger partial charge >= 0.3 is 0 Å². The second-order valence-corrected chi connectivity index (χ2v) is 12.0. The third-order valence-electron chi connectivity index (χ3n) is 9.22. The fourth-order valence-electron chi connectivity index (χ4n) is 7.07. The zero-order chi connectivity index (χ0) is 27.9. The predicted octanol–water partition coefficient (Wildman–Crippen LogP) is 4.39. The number of anilines is 4. The molecular weight excluding hydrogens is 500 g/mol. The number of nitrogens with one attached hydrogen (secondary N) is 1. The lowest BCUT2D eigenvalue weighted by molar-refractivity contribution is -0.128. The van der Waals surface area contributed by atoms with Gasteiger partial charge in [0.2, 0.25) is 11.9 Å². The summed E-state index contributed by atoms with van der Waals surface area (Å²) in [6.45, 7) is 17.4. The van der Waals surface area contributed by atoms with Gasteiger partial charge in [-0.2, -0.15) is 0 Å². The van der Waals surface area contributed by atoms with Crippen molar-refractivity contribution < 1.29 is 4.79 Å². The van der Waals surface area contributed by atoms with Gasteiger partial charge in [0.15, 0.2) is 0 Å². The second kappa shape index (κ2) is 10.5. The summed E-state index contributed by atoms with van der Waals surface area (Å²) in [4.78, 5) is 35.4. The Morgan fingerprint density at radius 2 is 1.68 bits per heavy atom. The molecule has 2 aromatic heterocycles. The first kappa shape index (κ1) is 26.7. The maximum Gasteiger partial charge on any atom is 0.228 e. The molecule has 1 aromatic carbocycles. The molecule has 9 nitrogen and oxygen atoms in total. The van der Waals surface area contributed by atoms with Crippen LogP contribution in [-0.4, -0.2) is 89.6 Å². The summed E-state index contributed by atoms with van der Waals surface area (Å²) in [5.74, 6) is 1.49. The number of carbonyl (C=O) groups is 1. The van der Waals surface area contributed by atoms with Gasteiger partial charge in [-0.25, -0.2) is 15.0 Å². The van der Waals surface area contributed by atoms with E-state index in [0.717, 1.165) is 81.1 Å². The van der Waals surface area contributed by atoms with Gasteiger partial charge in [-0.15, -0.1) is 0 Å². The van der Waals surface area contributed by atoms with Gasteiger partial charge in [0.1, 0.15) is 5.82 Å². The highest BCUT2D eigenvalue weighted by molar-refractivity contribution is 5.91. The van der Waals surface area contributed by atoms with E-state index in [1.54, 1.807) is 6.92 Å². The number of hydrogen-bond acceptors (Lipinski definition) is 8. The fraction of sp³-hybridized carbons (Fsp3) is 0.548. The summed E-state index contributed by atoms with van der Waals surface area (Å²) in [5.41, 5.74) is 3.96. The Bertz CT molecular complexity index is 1360. The monoisotopic (exact) mass is 542 g/mol. The molecule has 9 heteroatoms. The van der Waals surface area contributed by atoms with Gasteiger partial charge in [-0.3, -0.25) is 4.79 Å². The van der Waals surface area contributed by atoms with Crippen LogP contribution in [0.1, 0.15) is 40.5 Å². The second-order valence-electron chi connectivity index (χ2n) is 12.0. The lowest BCUT2D eigenvalue weighted by atomic mass is 9.72. The zero-order valence-electron chi connectivity index (χ0n) is 24.4. The number of fused-ring (bicyclic) bond motifs is 1. The molecule has 0 saturated carbocycles. The lowest BCUT2D eigenvalue weighted by Crippen LogP contribution is -2.72. The average molecular weight is 543 g/mol. The number of likely N-dealkylation sites (tertiary alicyclic amines) is 2. The van der Waals surface area contributed by atoms with E-state index in [9.17, 15) is 4.79 Å². The molecule has 2 spiro atoms. The van der Waals surface area contributed by atoms with Crippen LogP contribution >= 0.6 is 0 Å².